The Balaban J connectivity index is 1.58. The van der Waals surface area contributed by atoms with Crippen LogP contribution in [-0.4, -0.2) is 51.4 Å². The highest BCUT2D eigenvalue weighted by atomic mass is 16.6. The second kappa shape index (κ2) is 9.63. The van der Waals surface area contributed by atoms with E-state index in [1.54, 1.807) is 27.8 Å². The highest BCUT2D eigenvalue weighted by Gasteiger charge is 2.31. The smallest absolute Gasteiger partial charge is 0.407 e. The molecule has 1 N–H and O–H groups in total. The standard InChI is InChI=1S/C27H29N5O3/c1-18-5-11-22(12-6-18)32-24(20-9-7-19(16-28)8-10-20)15-23(30-32)25(33)31-14-13-21(17-31)29-26(34)35-27(2,3)4/h5-12,15,21H,13-14,17H2,1-4H3,(H,29,34)/t21-/m0/s1. The van der Waals surface area contributed by atoms with E-state index in [-0.39, 0.29) is 11.9 Å². The largest absolute Gasteiger partial charge is 0.444 e. The van der Waals surface area contributed by atoms with Crippen molar-refractivity contribution in [3.8, 4) is 23.0 Å². The van der Waals surface area contributed by atoms with Gasteiger partial charge in [-0.1, -0.05) is 29.8 Å². The van der Waals surface area contributed by atoms with Crippen molar-refractivity contribution in [2.45, 2.75) is 45.8 Å². The van der Waals surface area contributed by atoms with Crippen molar-refractivity contribution < 1.29 is 14.3 Å². The van der Waals surface area contributed by atoms with E-state index in [1.165, 1.54) is 0 Å². The van der Waals surface area contributed by atoms with E-state index in [2.05, 4.69) is 16.5 Å². The van der Waals surface area contributed by atoms with Gasteiger partial charge < -0.3 is 15.0 Å². The lowest BCUT2D eigenvalue weighted by atomic mass is 10.1. The number of amides is 2. The molecule has 2 amide bonds. The fraction of sp³-hybridized carbons (Fsp3) is 0.333. The summed E-state index contributed by atoms with van der Waals surface area (Å²) < 4.78 is 7.08. The number of likely N-dealkylation sites (tertiary alicyclic amines) is 1. The zero-order valence-corrected chi connectivity index (χ0v) is 20.4. The second-order valence-electron chi connectivity index (χ2n) is 9.73. The van der Waals surface area contributed by atoms with Crippen molar-refractivity contribution in [2.24, 2.45) is 0 Å². The first-order valence-electron chi connectivity index (χ1n) is 11.6. The summed E-state index contributed by atoms with van der Waals surface area (Å²) in [7, 11) is 0. The van der Waals surface area contributed by atoms with Crippen LogP contribution >= 0.6 is 0 Å². The van der Waals surface area contributed by atoms with Crippen molar-refractivity contribution in [2.75, 3.05) is 13.1 Å². The highest BCUT2D eigenvalue weighted by Crippen LogP contribution is 2.26. The molecule has 3 aromatic rings. The summed E-state index contributed by atoms with van der Waals surface area (Å²) in [5.74, 6) is -0.195. The molecule has 0 aliphatic carbocycles. The van der Waals surface area contributed by atoms with E-state index < -0.39 is 11.7 Å². The minimum absolute atomic E-state index is 0.175. The van der Waals surface area contributed by atoms with Crippen molar-refractivity contribution >= 4 is 12.0 Å². The summed E-state index contributed by atoms with van der Waals surface area (Å²) in [6.45, 7) is 8.36. The number of nitrogens with one attached hydrogen (secondary N) is 1. The fourth-order valence-corrected chi connectivity index (χ4v) is 3.99. The molecule has 0 bridgehead atoms. The number of rotatable bonds is 4. The monoisotopic (exact) mass is 471 g/mol. The maximum absolute atomic E-state index is 13.4. The SMILES string of the molecule is Cc1ccc(-n2nc(C(=O)N3CC[C@H](NC(=O)OC(C)(C)C)C3)cc2-c2ccc(C#N)cc2)cc1. The number of benzene rings is 2. The van der Waals surface area contributed by atoms with Crippen molar-refractivity contribution in [3.05, 3.63) is 71.4 Å². The van der Waals surface area contributed by atoms with Crippen LogP contribution in [0.3, 0.4) is 0 Å². The van der Waals surface area contributed by atoms with E-state index in [9.17, 15) is 9.59 Å². The number of nitriles is 1. The van der Waals surface area contributed by atoms with Crippen molar-refractivity contribution in [1.82, 2.24) is 20.0 Å². The van der Waals surface area contributed by atoms with Gasteiger partial charge in [-0.2, -0.15) is 10.4 Å². The first kappa shape index (κ1) is 24.0. The zero-order chi connectivity index (χ0) is 25.2. The highest BCUT2D eigenvalue weighted by molar-refractivity contribution is 5.94. The summed E-state index contributed by atoms with van der Waals surface area (Å²) in [4.78, 5) is 27.2. The Hall–Kier alpha value is -4.12. The van der Waals surface area contributed by atoms with Gasteiger partial charge in [0.1, 0.15) is 5.60 Å². The molecule has 1 atom stereocenters. The van der Waals surface area contributed by atoms with E-state index in [1.807, 2.05) is 64.1 Å². The molecule has 2 heterocycles. The number of carbonyl (C=O) groups is 2. The number of ether oxygens (including phenoxy) is 1. The van der Waals surface area contributed by atoms with Crippen LogP contribution in [-0.2, 0) is 4.74 Å². The minimum Gasteiger partial charge on any atom is -0.444 e. The molecule has 0 radical (unpaired) electrons. The number of carbonyl (C=O) groups excluding carboxylic acids is 2. The van der Waals surface area contributed by atoms with Gasteiger partial charge in [0, 0.05) is 18.7 Å². The molecule has 2 aromatic carbocycles. The molecular formula is C27H29N5O3. The lowest BCUT2D eigenvalue weighted by molar-refractivity contribution is 0.0502. The second-order valence-corrected chi connectivity index (χ2v) is 9.73. The van der Waals surface area contributed by atoms with E-state index >= 15 is 0 Å². The summed E-state index contributed by atoms with van der Waals surface area (Å²) in [6, 6.07) is 18.8. The molecule has 0 unspecified atom stereocenters. The Labute approximate surface area is 205 Å². The Kier molecular flexibility index (Phi) is 6.61. The van der Waals surface area contributed by atoms with Crippen LogP contribution in [0.5, 0.6) is 0 Å². The molecule has 4 rings (SSSR count). The zero-order valence-electron chi connectivity index (χ0n) is 20.4. The maximum atomic E-state index is 13.4. The van der Waals surface area contributed by atoms with Gasteiger partial charge >= 0.3 is 6.09 Å². The molecule has 8 nitrogen and oxygen atoms in total. The van der Waals surface area contributed by atoms with E-state index in [4.69, 9.17) is 10.00 Å². The Morgan fingerprint density at radius 2 is 1.80 bits per heavy atom. The molecular weight excluding hydrogens is 442 g/mol. The van der Waals surface area contributed by atoms with Gasteiger partial charge in [-0.25, -0.2) is 9.48 Å². The first-order chi connectivity index (χ1) is 16.6. The lowest BCUT2D eigenvalue weighted by Gasteiger charge is -2.22. The van der Waals surface area contributed by atoms with Gasteiger partial charge in [0.05, 0.1) is 29.1 Å². The van der Waals surface area contributed by atoms with Gasteiger partial charge in [0.15, 0.2) is 5.69 Å². The van der Waals surface area contributed by atoms with Crippen molar-refractivity contribution in [1.29, 1.82) is 5.26 Å². The Morgan fingerprint density at radius 1 is 1.11 bits per heavy atom. The predicted octanol–water partition coefficient (Wildman–Crippen LogP) is 4.46. The molecule has 1 aromatic heterocycles. The van der Waals surface area contributed by atoms with Gasteiger partial charge in [-0.3, -0.25) is 4.79 Å². The Bertz CT molecular complexity index is 1260. The van der Waals surface area contributed by atoms with E-state index in [0.717, 1.165) is 22.5 Å². The molecule has 1 fully saturated rings. The summed E-state index contributed by atoms with van der Waals surface area (Å²) in [5, 5.41) is 16.6. The van der Waals surface area contributed by atoms with Gasteiger partial charge in [0.2, 0.25) is 0 Å². The van der Waals surface area contributed by atoms with Crippen LogP contribution in [0.15, 0.2) is 54.6 Å². The molecule has 0 spiro atoms. The lowest BCUT2D eigenvalue weighted by Crippen LogP contribution is -2.41. The van der Waals surface area contributed by atoms with Crippen LogP contribution in [0.1, 0.15) is 48.8 Å². The number of aryl methyl sites for hydroxylation is 1. The van der Waals surface area contributed by atoms with Gasteiger partial charge in [-0.05, 0) is 64.4 Å². The van der Waals surface area contributed by atoms with Gasteiger partial charge in [-0.15, -0.1) is 0 Å². The Morgan fingerprint density at radius 3 is 2.43 bits per heavy atom. The van der Waals surface area contributed by atoms with E-state index in [0.29, 0.717) is 30.8 Å². The van der Waals surface area contributed by atoms with Crippen LogP contribution in [0.25, 0.3) is 16.9 Å². The number of alkyl carbamates (subject to hydrolysis) is 1. The third-order valence-electron chi connectivity index (χ3n) is 5.71. The molecule has 35 heavy (non-hydrogen) atoms. The summed E-state index contributed by atoms with van der Waals surface area (Å²) in [5.41, 5.74) is 3.86. The van der Waals surface area contributed by atoms with Gasteiger partial charge in [0.25, 0.3) is 5.91 Å². The number of hydrogen-bond acceptors (Lipinski definition) is 5. The molecule has 180 valence electrons. The quantitative estimate of drug-likeness (QED) is 0.606. The number of nitrogens with zero attached hydrogens (tertiary/aromatic N) is 4. The summed E-state index contributed by atoms with van der Waals surface area (Å²) >= 11 is 0. The molecule has 1 saturated heterocycles. The number of hydrogen-bond donors (Lipinski definition) is 1. The fourth-order valence-electron chi connectivity index (χ4n) is 3.99. The van der Waals surface area contributed by atoms with Crippen LogP contribution in [0, 0.1) is 18.3 Å². The molecule has 1 aliphatic heterocycles. The first-order valence-corrected chi connectivity index (χ1v) is 11.6. The average molecular weight is 472 g/mol. The predicted molar refractivity (Wildman–Crippen MR) is 132 cm³/mol. The van der Waals surface area contributed by atoms with Crippen LogP contribution in [0.2, 0.25) is 0 Å². The molecule has 8 heteroatoms. The maximum Gasteiger partial charge on any atom is 0.407 e. The summed E-state index contributed by atoms with van der Waals surface area (Å²) in [6.07, 6.45) is 0.162. The average Bonchev–Trinajstić information content (AvgIpc) is 3.45. The van der Waals surface area contributed by atoms with Crippen LogP contribution in [0.4, 0.5) is 4.79 Å². The molecule has 1 aliphatic rings. The van der Waals surface area contributed by atoms with Crippen molar-refractivity contribution in [3.63, 3.8) is 0 Å². The normalized spacial score (nSPS) is 15.5. The third kappa shape index (κ3) is 5.69. The third-order valence-corrected chi connectivity index (χ3v) is 5.71. The minimum atomic E-state index is -0.581. The molecule has 0 saturated carbocycles. The topological polar surface area (TPSA) is 100 Å². The van der Waals surface area contributed by atoms with Crippen LogP contribution < -0.4 is 5.32 Å². The number of aromatic nitrogens is 2.